The van der Waals surface area contributed by atoms with E-state index in [9.17, 15) is 9.90 Å². The van der Waals surface area contributed by atoms with Gasteiger partial charge in [-0.25, -0.2) is 0 Å². The van der Waals surface area contributed by atoms with Crippen LogP contribution in [-0.4, -0.2) is 30.6 Å². The van der Waals surface area contributed by atoms with Crippen LogP contribution < -0.4 is 26.9 Å². The molecule has 1 aliphatic rings. The summed E-state index contributed by atoms with van der Waals surface area (Å²) in [5.41, 5.74) is 9.11. The van der Waals surface area contributed by atoms with Crippen molar-refractivity contribution < 1.29 is 20.6 Å². The van der Waals surface area contributed by atoms with Gasteiger partial charge in [-0.3, -0.25) is 16.0 Å². The van der Waals surface area contributed by atoms with Crippen LogP contribution in [0.1, 0.15) is 25.7 Å². The Labute approximate surface area is 88.7 Å². The molecule has 0 radical (unpaired) electrons. The maximum absolute atomic E-state index is 10.3. The second kappa shape index (κ2) is 5.55. The van der Waals surface area contributed by atoms with Crippen molar-refractivity contribution in [3.8, 4) is 0 Å². The third-order valence-corrected chi connectivity index (χ3v) is 2.32. The summed E-state index contributed by atoms with van der Waals surface area (Å²) in [7, 11) is 0. The Hall–Kier alpha value is -1.30. The third-order valence-electron chi connectivity index (χ3n) is 2.32. The highest BCUT2D eigenvalue weighted by atomic mass is 16.4. The fraction of sp³-hybridized carbons (Fsp3) is 0.778. The van der Waals surface area contributed by atoms with Gasteiger partial charge in [0.05, 0.1) is 18.6 Å². The van der Waals surface area contributed by atoms with Gasteiger partial charge in [0.1, 0.15) is 6.04 Å². The SMILES string of the molecule is NC(NC1CC1)=[NH+]CCC[C@H]([NH3+])C(=O)[O-]. The van der Waals surface area contributed by atoms with Gasteiger partial charge in [-0.15, -0.1) is 0 Å². The van der Waals surface area contributed by atoms with Crippen molar-refractivity contribution in [2.75, 3.05) is 6.54 Å². The van der Waals surface area contributed by atoms with Crippen molar-refractivity contribution in [3.05, 3.63) is 0 Å². The van der Waals surface area contributed by atoms with Gasteiger partial charge in [0.15, 0.2) is 0 Å². The van der Waals surface area contributed by atoms with Gasteiger partial charge in [0.2, 0.25) is 0 Å². The van der Waals surface area contributed by atoms with Gasteiger partial charge in [0, 0.05) is 6.42 Å². The van der Waals surface area contributed by atoms with E-state index < -0.39 is 12.0 Å². The lowest BCUT2D eigenvalue weighted by Crippen LogP contribution is -2.79. The predicted molar refractivity (Wildman–Crippen MR) is 52.1 cm³/mol. The molecule has 86 valence electrons. The molecule has 0 aliphatic heterocycles. The summed E-state index contributed by atoms with van der Waals surface area (Å²) in [5.74, 6) is -0.519. The second-order valence-corrected chi connectivity index (χ2v) is 3.92. The normalized spacial score (nSPS) is 18.6. The monoisotopic (exact) mass is 215 g/mol. The molecule has 6 heteroatoms. The molecule has 6 nitrogen and oxygen atoms in total. The maximum atomic E-state index is 10.3. The average Bonchev–Trinajstić information content (AvgIpc) is 2.95. The van der Waals surface area contributed by atoms with E-state index in [0.29, 0.717) is 25.0 Å². The first-order valence-electron chi connectivity index (χ1n) is 5.26. The van der Waals surface area contributed by atoms with Gasteiger partial charge < -0.3 is 15.6 Å². The molecule has 0 heterocycles. The summed E-state index contributed by atoms with van der Waals surface area (Å²) < 4.78 is 0. The third kappa shape index (κ3) is 5.21. The summed E-state index contributed by atoms with van der Waals surface area (Å²) in [4.78, 5) is 13.3. The van der Waals surface area contributed by atoms with Crippen molar-refractivity contribution in [1.82, 2.24) is 5.32 Å². The van der Waals surface area contributed by atoms with Crippen LogP contribution >= 0.6 is 0 Å². The molecular weight excluding hydrogens is 196 g/mol. The molecule has 0 saturated heterocycles. The molecule has 0 unspecified atom stereocenters. The zero-order valence-electron chi connectivity index (χ0n) is 8.79. The zero-order chi connectivity index (χ0) is 11.3. The largest absolute Gasteiger partial charge is 0.544 e. The standard InChI is InChI=1S/C9H18N4O2/c10-7(8(14)15)2-1-5-12-9(11)13-6-3-4-6/h6-7H,1-5,10H2,(H,14,15)(H3,11,12,13)/p+1/t7-/m0/s1. The van der Waals surface area contributed by atoms with Gasteiger partial charge >= 0.3 is 5.96 Å². The molecule has 0 bridgehead atoms. The molecule has 1 saturated carbocycles. The molecule has 7 N–H and O–H groups in total. The first kappa shape index (κ1) is 11.8. The Balaban J connectivity index is 2.06. The Morgan fingerprint density at radius 1 is 1.67 bits per heavy atom. The molecule has 1 aliphatic carbocycles. The number of carboxylic acid groups (broad SMARTS) is 1. The topological polar surface area (TPSA) is 120 Å². The first-order chi connectivity index (χ1) is 7.09. The number of rotatable bonds is 6. The molecule has 0 spiro atoms. The number of nitrogens with one attached hydrogen (secondary N) is 2. The summed E-state index contributed by atoms with van der Waals surface area (Å²) in [6.45, 7) is 0.658. The number of carboxylic acids is 1. The summed E-state index contributed by atoms with van der Waals surface area (Å²) >= 11 is 0. The fourth-order valence-corrected chi connectivity index (χ4v) is 1.19. The van der Waals surface area contributed by atoms with Crippen LogP contribution in [-0.2, 0) is 4.79 Å². The second-order valence-electron chi connectivity index (χ2n) is 3.92. The Kier molecular flexibility index (Phi) is 4.36. The van der Waals surface area contributed by atoms with E-state index in [1.165, 1.54) is 12.8 Å². The number of carbonyl (C=O) groups excluding carboxylic acids is 1. The minimum Gasteiger partial charge on any atom is -0.544 e. The molecule has 1 rings (SSSR count). The van der Waals surface area contributed by atoms with E-state index in [0.717, 1.165) is 6.42 Å². The smallest absolute Gasteiger partial charge is 0.341 e. The van der Waals surface area contributed by atoms with Crippen LogP contribution in [0.5, 0.6) is 0 Å². The lowest BCUT2D eigenvalue weighted by atomic mass is 10.2. The van der Waals surface area contributed by atoms with Crippen LogP contribution in [0.3, 0.4) is 0 Å². The Morgan fingerprint density at radius 2 is 2.33 bits per heavy atom. The van der Waals surface area contributed by atoms with E-state index in [2.05, 4.69) is 16.0 Å². The predicted octanol–water partition coefficient (Wildman–Crippen LogP) is -4.73. The van der Waals surface area contributed by atoms with E-state index in [1.807, 2.05) is 0 Å². The number of nitrogens with two attached hydrogens (primary N) is 1. The van der Waals surface area contributed by atoms with Crippen LogP contribution in [0.25, 0.3) is 0 Å². The highest BCUT2D eigenvalue weighted by Crippen LogP contribution is 2.17. The minimum atomic E-state index is -1.09. The molecule has 0 aromatic carbocycles. The van der Waals surface area contributed by atoms with Crippen LogP contribution in [0.4, 0.5) is 0 Å². The van der Waals surface area contributed by atoms with Gasteiger partial charge in [-0.1, -0.05) is 0 Å². The van der Waals surface area contributed by atoms with Crippen molar-refractivity contribution in [2.45, 2.75) is 37.8 Å². The van der Waals surface area contributed by atoms with Crippen molar-refractivity contribution in [2.24, 2.45) is 5.73 Å². The first-order valence-corrected chi connectivity index (χ1v) is 5.26. The minimum absolute atomic E-state index is 0.506. The summed E-state index contributed by atoms with van der Waals surface area (Å²) in [6.07, 6.45) is 3.57. The number of carbonyl (C=O) groups is 1. The van der Waals surface area contributed by atoms with E-state index in [1.54, 1.807) is 0 Å². The molecule has 0 amide bonds. The molecule has 15 heavy (non-hydrogen) atoms. The number of aliphatic carboxylic acids is 1. The molecule has 1 atom stereocenters. The Morgan fingerprint density at radius 3 is 2.87 bits per heavy atom. The average molecular weight is 215 g/mol. The molecule has 0 aromatic heterocycles. The van der Waals surface area contributed by atoms with Gasteiger partial charge in [-0.2, -0.15) is 0 Å². The van der Waals surface area contributed by atoms with E-state index in [4.69, 9.17) is 5.73 Å². The van der Waals surface area contributed by atoms with Gasteiger partial charge in [0.25, 0.3) is 0 Å². The highest BCUT2D eigenvalue weighted by molar-refractivity contribution is 5.72. The lowest BCUT2D eigenvalue weighted by Gasteiger charge is -2.07. The van der Waals surface area contributed by atoms with Crippen LogP contribution in [0, 0.1) is 0 Å². The maximum Gasteiger partial charge on any atom is 0.341 e. The quantitative estimate of drug-likeness (QED) is 0.202. The summed E-state index contributed by atoms with van der Waals surface area (Å²) in [5, 5.41) is 13.4. The zero-order valence-corrected chi connectivity index (χ0v) is 8.79. The number of guanidine groups is 1. The number of quaternary nitrogens is 1. The summed E-state index contributed by atoms with van der Waals surface area (Å²) in [6, 6.07) is -0.106. The molecule has 0 aromatic rings. The van der Waals surface area contributed by atoms with Gasteiger partial charge in [-0.05, 0) is 19.3 Å². The number of hydrogen-bond acceptors (Lipinski definition) is 2. The van der Waals surface area contributed by atoms with Crippen LogP contribution in [0.15, 0.2) is 0 Å². The Bertz CT molecular complexity index is 250. The number of hydrogen-bond donors (Lipinski definition) is 4. The van der Waals surface area contributed by atoms with Crippen LogP contribution in [0.2, 0.25) is 0 Å². The van der Waals surface area contributed by atoms with Crippen molar-refractivity contribution >= 4 is 11.9 Å². The van der Waals surface area contributed by atoms with Crippen molar-refractivity contribution in [3.63, 3.8) is 0 Å². The van der Waals surface area contributed by atoms with E-state index >= 15 is 0 Å². The van der Waals surface area contributed by atoms with E-state index in [-0.39, 0.29) is 0 Å². The fourth-order valence-electron chi connectivity index (χ4n) is 1.19. The highest BCUT2D eigenvalue weighted by Gasteiger charge is 2.25. The lowest BCUT2D eigenvalue weighted by molar-refractivity contribution is -0.467. The molecular formula is C9H19N4O2+. The van der Waals surface area contributed by atoms with Crippen molar-refractivity contribution in [1.29, 1.82) is 0 Å². The molecule has 1 fully saturated rings.